The Morgan fingerprint density at radius 3 is 2.48 bits per heavy atom. The maximum absolute atomic E-state index is 14.2. The van der Waals surface area contributed by atoms with Gasteiger partial charge in [0.05, 0.1) is 11.9 Å². The van der Waals surface area contributed by atoms with Crippen molar-refractivity contribution in [2.24, 2.45) is 5.92 Å². The largest absolute Gasteiger partial charge is 0.465 e. The van der Waals surface area contributed by atoms with Gasteiger partial charge in [0.1, 0.15) is 17.4 Å². The minimum Gasteiger partial charge on any atom is -0.465 e. The van der Waals surface area contributed by atoms with E-state index in [9.17, 15) is 19.1 Å². The van der Waals surface area contributed by atoms with Gasteiger partial charge in [-0.2, -0.15) is 0 Å². The molecule has 42 heavy (non-hydrogen) atoms. The number of carbonyl (C=O) groups is 2. The molecule has 2 amide bonds. The number of anilines is 1. The zero-order valence-electron chi connectivity index (χ0n) is 23.4. The van der Waals surface area contributed by atoms with Crippen molar-refractivity contribution in [3.63, 3.8) is 0 Å². The lowest BCUT2D eigenvalue weighted by molar-refractivity contribution is -0.119. The van der Waals surface area contributed by atoms with Gasteiger partial charge in [0.25, 0.3) is 0 Å². The molecule has 0 aliphatic carbocycles. The average molecular weight is 597 g/mol. The summed E-state index contributed by atoms with van der Waals surface area (Å²) in [4.78, 5) is 37.4. The lowest BCUT2D eigenvalue weighted by atomic mass is 9.96. The second-order valence-electron chi connectivity index (χ2n) is 10.7. The van der Waals surface area contributed by atoms with Gasteiger partial charge in [0.2, 0.25) is 11.8 Å². The third kappa shape index (κ3) is 7.86. The summed E-state index contributed by atoms with van der Waals surface area (Å²) < 4.78 is 20.3. The monoisotopic (exact) mass is 596 g/mol. The van der Waals surface area contributed by atoms with Gasteiger partial charge in [-0.3, -0.25) is 9.69 Å². The van der Waals surface area contributed by atoms with E-state index in [2.05, 4.69) is 20.2 Å². The number of likely N-dealkylation sites (tertiary alicyclic amines) is 1. The maximum atomic E-state index is 14.2. The molecule has 0 spiro atoms. The molecule has 0 unspecified atom stereocenters. The van der Waals surface area contributed by atoms with E-state index in [4.69, 9.17) is 16.3 Å². The number of pyridine rings is 2. The van der Waals surface area contributed by atoms with Crippen LogP contribution in [-0.2, 0) is 11.3 Å². The summed E-state index contributed by atoms with van der Waals surface area (Å²) in [7, 11) is 0. The summed E-state index contributed by atoms with van der Waals surface area (Å²) in [5.41, 5.74) is 2.07. The normalized spacial score (nSPS) is 16.4. The average Bonchev–Trinajstić information content (AvgIpc) is 2.96. The lowest BCUT2D eigenvalue weighted by Gasteiger charge is -2.33. The van der Waals surface area contributed by atoms with Crippen molar-refractivity contribution >= 4 is 29.4 Å². The van der Waals surface area contributed by atoms with Crippen LogP contribution in [0.5, 0.6) is 11.6 Å². The number of rotatable bonds is 8. The molecule has 2 fully saturated rings. The number of aromatic nitrogens is 2. The van der Waals surface area contributed by atoms with Crippen LogP contribution in [0.4, 0.5) is 15.0 Å². The topological polar surface area (TPSA) is 111 Å². The lowest BCUT2D eigenvalue weighted by Crippen LogP contribution is -2.48. The second-order valence-corrected chi connectivity index (χ2v) is 11.2. The van der Waals surface area contributed by atoms with Gasteiger partial charge in [0, 0.05) is 62.8 Å². The molecule has 222 valence electrons. The number of halogens is 2. The van der Waals surface area contributed by atoms with E-state index in [1.54, 1.807) is 18.3 Å². The predicted octanol–water partition coefficient (Wildman–Crippen LogP) is 4.88. The Morgan fingerprint density at radius 2 is 1.83 bits per heavy atom. The number of carboxylic acid groups (broad SMARTS) is 1. The summed E-state index contributed by atoms with van der Waals surface area (Å²) in [6.45, 7) is 6.68. The van der Waals surface area contributed by atoms with Crippen molar-refractivity contribution in [3.05, 3.63) is 65.1 Å². The SMILES string of the molecule is CC(=O)NCC1CCN(Cc2cc(Oc3ccc(N4CCN(C(=O)O)CC4)nc3)nc(-c3cc(F)cc(Cl)c3)c2)CC1. The number of hydrogen-bond acceptors (Lipinski definition) is 7. The van der Waals surface area contributed by atoms with E-state index in [-0.39, 0.29) is 10.9 Å². The third-order valence-electron chi connectivity index (χ3n) is 7.59. The van der Waals surface area contributed by atoms with Gasteiger partial charge >= 0.3 is 6.09 Å². The standard InChI is InChI=1S/C30H34ClFN6O4/c1-20(39)33-17-21-4-6-36(7-5-21)19-22-12-27(23-14-24(31)16-25(32)15-23)35-29(13-22)42-26-2-3-28(34-18-26)37-8-10-38(11-9-37)30(40)41/h2-3,12-16,18,21H,4-11,17,19H2,1H3,(H,33,39)(H,40,41). The molecule has 2 aliphatic rings. The number of piperazine rings is 1. The highest BCUT2D eigenvalue weighted by atomic mass is 35.5. The van der Waals surface area contributed by atoms with Crippen LogP contribution in [0, 0.1) is 11.7 Å². The van der Waals surface area contributed by atoms with Crippen molar-refractivity contribution in [2.45, 2.75) is 26.3 Å². The van der Waals surface area contributed by atoms with Crippen molar-refractivity contribution in [3.8, 4) is 22.9 Å². The number of carbonyl (C=O) groups excluding carboxylic acids is 1. The molecule has 2 aromatic heterocycles. The zero-order valence-corrected chi connectivity index (χ0v) is 24.2. The van der Waals surface area contributed by atoms with Gasteiger partial charge < -0.3 is 25.0 Å². The van der Waals surface area contributed by atoms with Crippen LogP contribution in [0.15, 0.2) is 48.7 Å². The van der Waals surface area contributed by atoms with Gasteiger partial charge in [-0.1, -0.05) is 11.6 Å². The quantitative estimate of drug-likeness (QED) is 0.379. The summed E-state index contributed by atoms with van der Waals surface area (Å²) >= 11 is 6.15. The highest BCUT2D eigenvalue weighted by Crippen LogP contribution is 2.30. The third-order valence-corrected chi connectivity index (χ3v) is 7.81. The van der Waals surface area contributed by atoms with Crippen LogP contribution in [-0.4, -0.2) is 82.7 Å². The molecule has 4 heterocycles. The van der Waals surface area contributed by atoms with E-state index in [1.165, 1.54) is 24.0 Å². The first kappa shape index (κ1) is 29.5. The Bertz CT molecular complexity index is 1390. The van der Waals surface area contributed by atoms with Crippen LogP contribution in [0.1, 0.15) is 25.3 Å². The van der Waals surface area contributed by atoms with Crippen molar-refractivity contribution in [2.75, 3.05) is 50.7 Å². The molecule has 2 N–H and O–H groups in total. The minimum absolute atomic E-state index is 0.00450. The van der Waals surface area contributed by atoms with E-state index in [0.717, 1.165) is 37.3 Å². The molecule has 0 bridgehead atoms. The summed E-state index contributed by atoms with van der Waals surface area (Å²) in [6, 6.07) is 11.8. The fourth-order valence-electron chi connectivity index (χ4n) is 5.31. The Hall–Kier alpha value is -3.96. The number of hydrogen-bond donors (Lipinski definition) is 2. The van der Waals surface area contributed by atoms with Crippen LogP contribution < -0.4 is 15.0 Å². The van der Waals surface area contributed by atoms with Crippen LogP contribution >= 0.6 is 11.6 Å². The van der Waals surface area contributed by atoms with Crippen molar-refractivity contribution < 1.29 is 23.8 Å². The zero-order chi connectivity index (χ0) is 29.6. The molecular weight excluding hydrogens is 563 g/mol. The van der Waals surface area contributed by atoms with Crippen molar-refractivity contribution in [1.29, 1.82) is 0 Å². The fraction of sp³-hybridized carbons (Fsp3) is 0.400. The first-order valence-corrected chi connectivity index (χ1v) is 14.4. The number of ether oxygens (including phenoxy) is 1. The molecule has 0 saturated carbocycles. The highest BCUT2D eigenvalue weighted by molar-refractivity contribution is 6.30. The van der Waals surface area contributed by atoms with Gasteiger partial charge in [-0.25, -0.2) is 19.2 Å². The van der Waals surface area contributed by atoms with Gasteiger partial charge in [-0.05, 0) is 73.8 Å². The maximum Gasteiger partial charge on any atom is 0.407 e. The number of benzene rings is 1. The molecular formula is C30H34ClFN6O4. The molecule has 2 saturated heterocycles. The molecule has 2 aliphatic heterocycles. The Kier molecular flexibility index (Phi) is 9.38. The molecule has 0 atom stereocenters. The van der Waals surface area contributed by atoms with Crippen LogP contribution in [0.3, 0.4) is 0 Å². The first-order valence-electron chi connectivity index (χ1n) is 14.0. The van der Waals surface area contributed by atoms with E-state index < -0.39 is 11.9 Å². The smallest absolute Gasteiger partial charge is 0.407 e. The van der Waals surface area contributed by atoms with Crippen molar-refractivity contribution in [1.82, 2.24) is 25.1 Å². The van der Waals surface area contributed by atoms with E-state index in [1.807, 2.05) is 23.1 Å². The Balaban J connectivity index is 1.31. The number of amides is 2. The summed E-state index contributed by atoms with van der Waals surface area (Å²) in [5, 5.41) is 12.4. The van der Waals surface area contributed by atoms with Crippen LogP contribution in [0.2, 0.25) is 5.02 Å². The second kappa shape index (κ2) is 13.3. The van der Waals surface area contributed by atoms with Crippen LogP contribution in [0.25, 0.3) is 11.3 Å². The summed E-state index contributed by atoms with van der Waals surface area (Å²) in [5.74, 6) is 1.60. The molecule has 12 heteroatoms. The first-order chi connectivity index (χ1) is 20.2. The van der Waals surface area contributed by atoms with E-state index in [0.29, 0.717) is 68.1 Å². The Morgan fingerprint density at radius 1 is 1.07 bits per heavy atom. The predicted molar refractivity (Wildman–Crippen MR) is 157 cm³/mol. The van der Waals surface area contributed by atoms with Gasteiger partial charge in [-0.15, -0.1) is 0 Å². The molecule has 5 rings (SSSR count). The molecule has 3 aromatic rings. The molecule has 10 nitrogen and oxygen atoms in total. The van der Waals surface area contributed by atoms with Gasteiger partial charge in [0.15, 0.2) is 0 Å². The van der Waals surface area contributed by atoms with E-state index >= 15 is 0 Å². The minimum atomic E-state index is -0.910. The molecule has 0 radical (unpaired) electrons. The molecule has 1 aromatic carbocycles. The number of nitrogens with one attached hydrogen (secondary N) is 1. The number of piperidine rings is 1. The fourth-order valence-corrected chi connectivity index (χ4v) is 5.54. The number of nitrogens with zero attached hydrogens (tertiary/aromatic N) is 5. The Labute approximate surface area is 249 Å². The highest BCUT2D eigenvalue weighted by Gasteiger charge is 2.22. The summed E-state index contributed by atoms with van der Waals surface area (Å²) in [6.07, 6.45) is 2.69.